The molecule has 3 aromatic carbocycles. The highest BCUT2D eigenvalue weighted by molar-refractivity contribution is 5.88. The summed E-state index contributed by atoms with van der Waals surface area (Å²) in [4.78, 5) is 0. The van der Waals surface area contributed by atoms with Crippen LogP contribution in [0.5, 0.6) is 23.0 Å². The smallest absolute Gasteiger partial charge is 0.161 e. The number of hydrogen-bond acceptors (Lipinski definition) is 4. The molecule has 0 fully saturated rings. The molecule has 0 spiro atoms. The Morgan fingerprint density at radius 2 is 1.03 bits per heavy atom. The van der Waals surface area contributed by atoms with Crippen LogP contribution in [0.4, 0.5) is 0 Å². The van der Waals surface area contributed by atoms with Crippen LogP contribution in [0.1, 0.15) is 5.56 Å². The van der Waals surface area contributed by atoms with Crippen molar-refractivity contribution in [3.05, 3.63) is 84.7 Å². The third kappa shape index (κ3) is 4.14. The Bertz CT molecular complexity index is 1150. The van der Waals surface area contributed by atoms with E-state index in [9.17, 15) is 0 Å². The Morgan fingerprint density at radius 1 is 0.531 bits per heavy atom. The van der Waals surface area contributed by atoms with Crippen molar-refractivity contribution < 1.29 is 18.9 Å². The molecule has 0 amide bonds. The van der Waals surface area contributed by atoms with Crippen molar-refractivity contribution in [2.45, 2.75) is 6.54 Å². The molecule has 1 aromatic heterocycles. The summed E-state index contributed by atoms with van der Waals surface area (Å²) >= 11 is 0. The molecule has 4 aromatic rings. The van der Waals surface area contributed by atoms with Gasteiger partial charge in [0.05, 0.1) is 28.4 Å². The van der Waals surface area contributed by atoms with Crippen LogP contribution in [-0.2, 0) is 6.54 Å². The van der Waals surface area contributed by atoms with Gasteiger partial charge in [-0.1, -0.05) is 42.5 Å². The molecule has 0 atom stereocenters. The summed E-state index contributed by atoms with van der Waals surface area (Å²) in [5.41, 5.74) is 5.32. The first-order chi connectivity index (χ1) is 15.7. The van der Waals surface area contributed by atoms with E-state index in [4.69, 9.17) is 18.9 Å². The standard InChI is InChI=1S/C27H27NO4/c1-29-24-11-7-5-9-20(24)22-17-28(16-19-13-14-26(31-3)27(15-19)32-4)18-23(22)21-10-6-8-12-25(21)30-2/h5-15,17-18H,16H2,1-4H3. The summed E-state index contributed by atoms with van der Waals surface area (Å²) in [6, 6.07) is 22.1. The fraction of sp³-hybridized carbons (Fsp3) is 0.185. The summed E-state index contributed by atoms with van der Waals surface area (Å²) in [6.45, 7) is 0.678. The van der Waals surface area contributed by atoms with Gasteiger partial charge in [-0.15, -0.1) is 0 Å². The topological polar surface area (TPSA) is 41.9 Å². The molecule has 164 valence electrons. The van der Waals surface area contributed by atoms with Crippen LogP contribution >= 0.6 is 0 Å². The molecule has 0 bridgehead atoms. The molecule has 0 N–H and O–H groups in total. The van der Waals surface area contributed by atoms with Crippen LogP contribution in [0.2, 0.25) is 0 Å². The van der Waals surface area contributed by atoms with E-state index in [0.29, 0.717) is 18.0 Å². The lowest BCUT2D eigenvalue weighted by atomic mass is 9.98. The first kappa shape index (κ1) is 21.4. The van der Waals surface area contributed by atoms with Gasteiger partial charge in [-0.05, 0) is 29.8 Å². The summed E-state index contributed by atoms with van der Waals surface area (Å²) in [6.07, 6.45) is 4.30. The molecule has 0 aliphatic heterocycles. The van der Waals surface area contributed by atoms with Gasteiger partial charge >= 0.3 is 0 Å². The second kappa shape index (κ2) is 9.52. The zero-order valence-electron chi connectivity index (χ0n) is 18.8. The van der Waals surface area contributed by atoms with Crippen LogP contribution < -0.4 is 18.9 Å². The van der Waals surface area contributed by atoms with E-state index in [1.54, 1.807) is 28.4 Å². The maximum Gasteiger partial charge on any atom is 0.161 e. The first-order valence-electron chi connectivity index (χ1n) is 10.4. The number of rotatable bonds is 8. The molecule has 0 saturated heterocycles. The van der Waals surface area contributed by atoms with Gasteiger partial charge in [0.1, 0.15) is 11.5 Å². The van der Waals surface area contributed by atoms with Crippen molar-refractivity contribution >= 4 is 0 Å². The maximum absolute atomic E-state index is 5.66. The van der Waals surface area contributed by atoms with Crippen molar-refractivity contribution in [3.8, 4) is 45.3 Å². The van der Waals surface area contributed by atoms with Gasteiger partial charge in [0.15, 0.2) is 11.5 Å². The van der Waals surface area contributed by atoms with E-state index < -0.39 is 0 Å². The quantitative estimate of drug-likeness (QED) is 0.349. The lowest BCUT2D eigenvalue weighted by molar-refractivity contribution is 0.354. The van der Waals surface area contributed by atoms with E-state index in [0.717, 1.165) is 39.3 Å². The van der Waals surface area contributed by atoms with Gasteiger partial charge < -0.3 is 23.5 Å². The van der Waals surface area contributed by atoms with Gasteiger partial charge in [0.25, 0.3) is 0 Å². The zero-order chi connectivity index (χ0) is 22.5. The summed E-state index contributed by atoms with van der Waals surface area (Å²) in [5.74, 6) is 3.08. The Morgan fingerprint density at radius 3 is 1.53 bits per heavy atom. The molecule has 32 heavy (non-hydrogen) atoms. The van der Waals surface area contributed by atoms with Gasteiger partial charge in [-0.3, -0.25) is 0 Å². The Hall–Kier alpha value is -3.86. The molecule has 0 aliphatic carbocycles. The number of para-hydroxylation sites is 2. The first-order valence-corrected chi connectivity index (χ1v) is 10.4. The van der Waals surface area contributed by atoms with Crippen molar-refractivity contribution in [1.29, 1.82) is 0 Å². The predicted octanol–water partition coefficient (Wildman–Crippen LogP) is 5.90. The second-order valence-corrected chi connectivity index (χ2v) is 7.35. The Balaban J connectivity index is 1.83. The number of ether oxygens (including phenoxy) is 4. The molecule has 0 saturated carbocycles. The SMILES string of the molecule is COc1ccc(Cn2cc(-c3ccccc3OC)c(-c3ccccc3OC)c2)cc1OC. The highest BCUT2D eigenvalue weighted by atomic mass is 16.5. The third-order valence-electron chi connectivity index (χ3n) is 5.49. The van der Waals surface area contributed by atoms with Crippen LogP contribution in [0.15, 0.2) is 79.1 Å². The lowest BCUT2D eigenvalue weighted by Gasteiger charge is -2.11. The second-order valence-electron chi connectivity index (χ2n) is 7.35. The van der Waals surface area contributed by atoms with E-state index in [1.807, 2.05) is 54.6 Å². The molecule has 0 radical (unpaired) electrons. The van der Waals surface area contributed by atoms with Gasteiger partial charge in [0, 0.05) is 41.2 Å². The average Bonchev–Trinajstić information content (AvgIpc) is 3.27. The highest BCUT2D eigenvalue weighted by Crippen LogP contribution is 2.41. The Labute approximate surface area is 188 Å². The van der Waals surface area contributed by atoms with E-state index in [1.165, 1.54) is 0 Å². The van der Waals surface area contributed by atoms with Crippen molar-refractivity contribution in [3.63, 3.8) is 0 Å². The van der Waals surface area contributed by atoms with Gasteiger partial charge in [0.2, 0.25) is 0 Å². The molecule has 0 aliphatic rings. The minimum Gasteiger partial charge on any atom is -0.496 e. The molecule has 5 nitrogen and oxygen atoms in total. The number of nitrogens with zero attached hydrogens (tertiary/aromatic N) is 1. The van der Waals surface area contributed by atoms with Gasteiger partial charge in [-0.25, -0.2) is 0 Å². The van der Waals surface area contributed by atoms with Crippen LogP contribution in [0, 0.1) is 0 Å². The normalized spacial score (nSPS) is 10.6. The average molecular weight is 430 g/mol. The largest absolute Gasteiger partial charge is 0.496 e. The number of aromatic nitrogens is 1. The van der Waals surface area contributed by atoms with Crippen molar-refractivity contribution in [2.24, 2.45) is 0 Å². The van der Waals surface area contributed by atoms with Crippen molar-refractivity contribution in [1.82, 2.24) is 4.57 Å². The number of benzene rings is 3. The molecule has 4 rings (SSSR count). The van der Waals surface area contributed by atoms with Crippen LogP contribution in [0.3, 0.4) is 0 Å². The fourth-order valence-electron chi connectivity index (χ4n) is 3.95. The summed E-state index contributed by atoms with van der Waals surface area (Å²) in [5, 5.41) is 0. The summed E-state index contributed by atoms with van der Waals surface area (Å²) in [7, 11) is 6.68. The Kier molecular flexibility index (Phi) is 6.36. The molecule has 0 unspecified atom stereocenters. The molecule has 5 heteroatoms. The molecular weight excluding hydrogens is 402 g/mol. The number of hydrogen-bond donors (Lipinski definition) is 0. The molecular formula is C27H27NO4. The van der Waals surface area contributed by atoms with Crippen molar-refractivity contribution in [2.75, 3.05) is 28.4 Å². The number of methoxy groups -OCH3 is 4. The van der Waals surface area contributed by atoms with Gasteiger partial charge in [-0.2, -0.15) is 0 Å². The minimum atomic E-state index is 0.678. The maximum atomic E-state index is 5.66. The molecule has 1 heterocycles. The monoisotopic (exact) mass is 429 g/mol. The lowest BCUT2D eigenvalue weighted by Crippen LogP contribution is -1.98. The van der Waals surface area contributed by atoms with Crippen LogP contribution in [0.25, 0.3) is 22.3 Å². The summed E-state index contributed by atoms with van der Waals surface area (Å²) < 4.78 is 24.3. The predicted molar refractivity (Wildman–Crippen MR) is 127 cm³/mol. The van der Waals surface area contributed by atoms with E-state index >= 15 is 0 Å². The van der Waals surface area contributed by atoms with E-state index in [-0.39, 0.29) is 0 Å². The minimum absolute atomic E-state index is 0.678. The van der Waals surface area contributed by atoms with E-state index in [2.05, 4.69) is 29.1 Å². The fourth-order valence-corrected chi connectivity index (χ4v) is 3.95. The van der Waals surface area contributed by atoms with Crippen LogP contribution in [-0.4, -0.2) is 33.0 Å². The highest BCUT2D eigenvalue weighted by Gasteiger charge is 2.17. The zero-order valence-corrected chi connectivity index (χ0v) is 18.8. The third-order valence-corrected chi connectivity index (χ3v) is 5.49.